The van der Waals surface area contributed by atoms with E-state index in [2.05, 4.69) is 37.5 Å². The minimum Gasteiger partial charge on any atom is -0.465 e. The predicted molar refractivity (Wildman–Crippen MR) is 133 cm³/mol. The van der Waals surface area contributed by atoms with Crippen molar-refractivity contribution in [1.29, 1.82) is 0 Å². The molecule has 33 heavy (non-hydrogen) atoms. The van der Waals surface area contributed by atoms with Gasteiger partial charge in [-0.3, -0.25) is 9.69 Å². The first kappa shape index (κ1) is 25.7. The summed E-state index contributed by atoms with van der Waals surface area (Å²) < 4.78 is 10.6. The topological polar surface area (TPSA) is 59.1 Å². The summed E-state index contributed by atoms with van der Waals surface area (Å²) in [4.78, 5) is 31.5. The lowest BCUT2D eigenvalue weighted by molar-refractivity contribution is -0.118. The second kappa shape index (κ2) is 11.0. The molecule has 2 aliphatic rings. The maximum absolute atomic E-state index is 13.2. The Hall–Kier alpha value is -1.88. The molecule has 2 heterocycles. The van der Waals surface area contributed by atoms with Gasteiger partial charge in [0.2, 0.25) is 5.91 Å². The molecule has 0 spiro atoms. The lowest BCUT2D eigenvalue weighted by Gasteiger charge is -2.47. The largest absolute Gasteiger partial charge is 0.465 e. The maximum atomic E-state index is 13.2. The van der Waals surface area contributed by atoms with Crippen molar-refractivity contribution in [3.63, 3.8) is 0 Å². The summed E-state index contributed by atoms with van der Waals surface area (Å²) in [5.74, 6) is 6.02. The Bertz CT molecular complexity index is 894. The van der Waals surface area contributed by atoms with Crippen molar-refractivity contribution >= 4 is 28.9 Å². The Labute approximate surface area is 202 Å². The van der Waals surface area contributed by atoms with Crippen LogP contribution >= 0.6 is 11.3 Å². The zero-order valence-electron chi connectivity index (χ0n) is 20.8. The van der Waals surface area contributed by atoms with Crippen LogP contribution in [0.25, 0.3) is 0 Å². The van der Waals surface area contributed by atoms with Crippen LogP contribution in [0.4, 0.5) is 5.69 Å². The first-order chi connectivity index (χ1) is 15.6. The fourth-order valence-electron chi connectivity index (χ4n) is 4.84. The summed E-state index contributed by atoms with van der Waals surface area (Å²) in [5, 5.41) is 0. The molecule has 0 radical (unpaired) electrons. The van der Waals surface area contributed by atoms with Gasteiger partial charge in [-0.25, -0.2) is 4.79 Å². The quantitative estimate of drug-likeness (QED) is 0.441. The van der Waals surface area contributed by atoms with Crippen molar-refractivity contribution < 1.29 is 19.1 Å². The van der Waals surface area contributed by atoms with Crippen LogP contribution in [0, 0.1) is 17.3 Å². The minimum absolute atomic E-state index is 0.0304. The van der Waals surface area contributed by atoms with Crippen LogP contribution in [-0.4, -0.2) is 62.3 Å². The Balaban J connectivity index is 2.01. The highest BCUT2D eigenvalue weighted by atomic mass is 32.1. The number of hydrogen-bond acceptors (Lipinski definition) is 6. The van der Waals surface area contributed by atoms with Crippen LogP contribution < -0.4 is 4.90 Å². The average molecular weight is 475 g/mol. The molecule has 0 aromatic carbocycles. The summed E-state index contributed by atoms with van der Waals surface area (Å²) in [6, 6.07) is 1.92. The van der Waals surface area contributed by atoms with Crippen LogP contribution in [0.2, 0.25) is 0 Å². The molecule has 1 saturated carbocycles. The molecule has 3 rings (SSSR count). The average Bonchev–Trinajstić information content (AvgIpc) is 3.20. The van der Waals surface area contributed by atoms with Crippen molar-refractivity contribution in [1.82, 2.24) is 4.90 Å². The molecule has 7 heteroatoms. The molecule has 182 valence electrons. The number of ether oxygens (including phenoxy) is 2. The number of carbonyl (C=O) groups excluding carboxylic acids is 2. The third-order valence-corrected chi connectivity index (χ3v) is 7.48. The summed E-state index contributed by atoms with van der Waals surface area (Å²) in [6.45, 7) is 12.1. The summed E-state index contributed by atoms with van der Waals surface area (Å²) >= 11 is 1.32. The number of carbonyl (C=O) groups is 2. The summed E-state index contributed by atoms with van der Waals surface area (Å²) in [7, 11) is 1.39. The molecule has 0 unspecified atom stereocenters. The van der Waals surface area contributed by atoms with E-state index in [0.717, 1.165) is 69.8 Å². The van der Waals surface area contributed by atoms with Crippen molar-refractivity contribution in [3.05, 3.63) is 15.8 Å². The standard InChI is InChI=1S/C26H38N2O4S/c1-20(29)28(22-19-21(9-12-25(2,3)4)33-23(22)24(30)31-5)26(10-7-6-8-11-26)13-14-27-15-17-32-18-16-27/h19H,6-8,10-11,13-18H2,1-5H3. The fourth-order valence-corrected chi connectivity index (χ4v) is 5.76. The highest BCUT2D eigenvalue weighted by Crippen LogP contribution is 2.43. The Morgan fingerprint density at radius 1 is 1.21 bits per heavy atom. The normalized spacial score (nSPS) is 18.8. The summed E-state index contributed by atoms with van der Waals surface area (Å²) in [5.41, 5.74) is 0.195. The highest BCUT2D eigenvalue weighted by molar-refractivity contribution is 7.15. The number of morpholine rings is 1. The Morgan fingerprint density at radius 2 is 1.88 bits per heavy atom. The van der Waals surface area contributed by atoms with Gasteiger partial charge in [0.15, 0.2) is 0 Å². The Kier molecular flexibility index (Phi) is 8.60. The number of nitrogens with zero attached hydrogens (tertiary/aromatic N) is 2. The van der Waals surface area contributed by atoms with Crippen LogP contribution in [0.5, 0.6) is 0 Å². The second-order valence-corrected chi connectivity index (χ2v) is 11.2. The highest BCUT2D eigenvalue weighted by Gasteiger charge is 2.42. The molecular weight excluding hydrogens is 436 g/mol. The number of amides is 1. The van der Waals surface area contributed by atoms with Gasteiger partial charge in [0.05, 0.1) is 30.9 Å². The van der Waals surface area contributed by atoms with Gasteiger partial charge < -0.3 is 14.4 Å². The van der Waals surface area contributed by atoms with E-state index in [9.17, 15) is 9.59 Å². The number of anilines is 1. The van der Waals surface area contributed by atoms with Crippen molar-refractivity contribution in [2.75, 3.05) is 44.9 Å². The van der Waals surface area contributed by atoms with E-state index in [1.807, 2.05) is 11.0 Å². The number of methoxy groups -OCH3 is 1. The molecule has 6 nitrogen and oxygen atoms in total. The van der Waals surface area contributed by atoms with E-state index in [4.69, 9.17) is 9.47 Å². The lowest BCUT2D eigenvalue weighted by Crippen LogP contribution is -2.55. The van der Waals surface area contributed by atoms with Gasteiger partial charge >= 0.3 is 5.97 Å². The third-order valence-electron chi connectivity index (χ3n) is 6.46. The zero-order chi connectivity index (χ0) is 24.1. The first-order valence-corrected chi connectivity index (χ1v) is 12.8. The number of thiophene rings is 1. The molecular formula is C26H38N2O4S. The summed E-state index contributed by atoms with van der Waals surface area (Å²) in [6.07, 6.45) is 6.11. The molecule has 0 N–H and O–H groups in total. The monoisotopic (exact) mass is 474 g/mol. The first-order valence-electron chi connectivity index (χ1n) is 12.0. The number of rotatable bonds is 6. The zero-order valence-corrected chi connectivity index (χ0v) is 21.6. The third kappa shape index (κ3) is 6.59. The Morgan fingerprint density at radius 3 is 2.45 bits per heavy atom. The lowest BCUT2D eigenvalue weighted by atomic mass is 9.77. The molecule has 2 fully saturated rings. The molecule has 1 aliphatic carbocycles. The van der Waals surface area contributed by atoms with Gasteiger partial charge in [-0.15, -0.1) is 11.3 Å². The van der Waals surface area contributed by atoms with E-state index in [0.29, 0.717) is 10.6 Å². The van der Waals surface area contributed by atoms with Gasteiger partial charge in [0.1, 0.15) is 4.88 Å². The minimum atomic E-state index is -0.413. The molecule has 1 amide bonds. The van der Waals surface area contributed by atoms with E-state index in [1.165, 1.54) is 24.9 Å². The second-order valence-electron chi connectivity index (χ2n) is 10.2. The van der Waals surface area contributed by atoms with Gasteiger partial charge in [-0.1, -0.05) is 31.1 Å². The van der Waals surface area contributed by atoms with E-state index in [-0.39, 0.29) is 16.9 Å². The molecule has 1 aliphatic heterocycles. The van der Waals surface area contributed by atoms with Crippen LogP contribution in [0.1, 0.15) is 80.8 Å². The van der Waals surface area contributed by atoms with Crippen molar-refractivity contribution in [2.45, 2.75) is 71.8 Å². The van der Waals surface area contributed by atoms with Gasteiger partial charge in [0, 0.05) is 37.5 Å². The molecule has 1 aromatic rings. The van der Waals surface area contributed by atoms with E-state index >= 15 is 0 Å². The molecule has 1 saturated heterocycles. The number of esters is 1. The van der Waals surface area contributed by atoms with Crippen LogP contribution in [0.15, 0.2) is 6.07 Å². The smallest absolute Gasteiger partial charge is 0.350 e. The van der Waals surface area contributed by atoms with E-state index in [1.54, 1.807) is 6.92 Å². The molecule has 1 aromatic heterocycles. The molecule has 0 bridgehead atoms. The van der Waals surface area contributed by atoms with Gasteiger partial charge in [-0.05, 0) is 46.1 Å². The predicted octanol–water partition coefficient (Wildman–Crippen LogP) is 4.71. The van der Waals surface area contributed by atoms with Crippen LogP contribution in [-0.2, 0) is 14.3 Å². The van der Waals surface area contributed by atoms with Gasteiger partial charge in [0.25, 0.3) is 0 Å². The number of hydrogen-bond donors (Lipinski definition) is 0. The van der Waals surface area contributed by atoms with E-state index < -0.39 is 5.97 Å². The fraction of sp³-hybridized carbons (Fsp3) is 0.692. The molecule has 0 atom stereocenters. The van der Waals surface area contributed by atoms with Crippen molar-refractivity contribution in [2.24, 2.45) is 5.41 Å². The van der Waals surface area contributed by atoms with Crippen LogP contribution in [0.3, 0.4) is 0 Å². The maximum Gasteiger partial charge on any atom is 0.350 e. The van der Waals surface area contributed by atoms with Gasteiger partial charge in [-0.2, -0.15) is 0 Å². The SMILES string of the molecule is COC(=O)c1sc(C#CC(C)(C)C)cc1N(C(C)=O)C1(CCN2CCOCC2)CCCCC1. The van der Waals surface area contributed by atoms with Crippen molar-refractivity contribution in [3.8, 4) is 11.8 Å².